The van der Waals surface area contributed by atoms with Gasteiger partial charge in [0.1, 0.15) is 0 Å². The van der Waals surface area contributed by atoms with Crippen molar-refractivity contribution in [1.29, 1.82) is 0 Å². The summed E-state index contributed by atoms with van der Waals surface area (Å²) in [5.74, 6) is 0.758. The lowest BCUT2D eigenvalue weighted by Crippen LogP contribution is -2.41. The highest BCUT2D eigenvalue weighted by Gasteiger charge is 2.24. The topological polar surface area (TPSA) is 41.6 Å². The van der Waals surface area contributed by atoms with Gasteiger partial charge in [-0.05, 0) is 12.8 Å². The molecule has 0 amide bonds. The van der Waals surface area contributed by atoms with Crippen molar-refractivity contribution >= 4 is 5.96 Å². The van der Waals surface area contributed by atoms with Gasteiger partial charge in [-0.1, -0.05) is 33.1 Å². The first-order valence-electron chi connectivity index (χ1n) is 5.86. The molecule has 0 aromatic heterocycles. The van der Waals surface area contributed by atoms with Gasteiger partial charge >= 0.3 is 0 Å². The molecule has 1 aliphatic heterocycles. The van der Waals surface area contributed by atoms with Gasteiger partial charge in [-0.2, -0.15) is 0 Å². The molecule has 14 heavy (non-hydrogen) atoms. The Hall–Kier alpha value is -0.730. The van der Waals surface area contributed by atoms with E-state index < -0.39 is 0 Å². The van der Waals surface area contributed by atoms with E-state index in [1.54, 1.807) is 0 Å². The van der Waals surface area contributed by atoms with Crippen LogP contribution in [-0.2, 0) is 0 Å². The molecule has 3 heteroatoms. The van der Waals surface area contributed by atoms with Crippen molar-refractivity contribution in [3.8, 4) is 0 Å². The number of hydrogen-bond donors (Lipinski definition) is 1. The van der Waals surface area contributed by atoms with Crippen molar-refractivity contribution in [1.82, 2.24) is 4.90 Å². The first-order valence-corrected chi connectivity index (χ1v) is 5.86. The fourth-order valence-electron chi connectivity index (χ4n) is 1.99. The van der Waals surface area contributed by atoms with Crippen LogP contribution in [0.5, 0.6) is 0 Å². The summed E-state index contributed by atoms with van der Waals surface area (Å²) in [4.78, 5) is 6.59. The fourth-order valence-corrected chi connectivity index (χ4v) is 1.99. The van der Waals surface area contributed by atoms with Gasteiger partial charge in [-0.15, -0.1) is 0 Å². The second-order valence-electron chi connectivity index (χ2n) is 4.04. The average molecular weight is 197 g/mol. The summed E-state index contributed by atoms with van der Waals surface area (Å²) in [7, 11) is 0. The third-order valence-corrected chi connectivity index (χ3v) is 2.80. The quantitative estimate of drug-likeness (QED) is 0.661. The van der Waals surface area contributed by atoms with Crippen molar-refractivity contribution in [2.75, 3.05) is 13.1 Å². The molecule has 0 saturated heterocycles. The fraction of sp³-hybridized carbons (Fsp3) is 0.909. The number of nitrogens with two attached hydrogens (primary N) is 1. The highest BCUT2D eigenvalue weighted by atomic mass is 15.3. The smallest absolute Gasteiger partial charge is 0.191 e. The minimum Gasteiger partial charge on any atom is -0.370 e. The molecular formula is C11H23N3. The van der Waals surface area contributed by atoms with Crippen LogP contribution in [0.15, 0.2) is 4.99 Å². The van der Waals surface area contributed by atoms with E-state index in [2.05, 4.69) is 23.7 Å². The molecule has 0 saturated carbocycles. The highest BCUT2D eigenvalue weighted by molar-refractivity contribution is 5.80. The Balaban J connectivity index is 2.31. The van der Waals surface area contributed by atoms with Crippen LogP contribution in [0.4, 0.5) is 0 Å². The Morgan fingerprint density at radius 1 is 1.36 bits per heavy atom. The molecule has 82 valence electrons. The lowest BCUT2D eigenvalue weighted by atomic mass is 10.1. The molecule has 0 fully saturated rings. The first kappa shape index (κ1) is 11.3. The third-order valence-electron chi connectivity index (χ3n) is 2.80. The van der Waals surface area contributed by atoms with Crippen LogP contribution in [0, 0.1) is 0 Å². The molecule has 2 N–H and O–H groups in total. The number of guanidine groups is 1. The van der Waals surface area contributed by atoms with Crippen molar-refractivity contribution in [2.24, 2.45) is 10.7 Å². The van der Waals surface area contributed by atoms with Crippen LogP contribution in [0.2, 0.25) is 0 Å². The maximum atomic E-state index is 5.84. The van der Waals surface area contributed by atoms with Gasteiger partial charge in [0.15, 0.2) is 5.96 Å². The van der Waals surface area contributed by atoms with Crippen LogP contribution in [-0.4, -0.2) is 30.0 Å². The van der Waals surface area contributed by atoms with Gasteiger partial charge in [0.05, 0.1) is 12.6 Å². The zero-order valence-electron chi connectivity index (χ0n) is 9.50. The van der Waals surface area contributed by atoms with E-state index >= 15 is 0 Å². The molecule has 3 nitrogen and oxygen atoms in total. The molecule has 0 spiro atoms. The Labute approximate surface area is 87.4 Å². The predicted octanol–water partition coefficient (Wildman–Crippen LogP) is 1.98. The highest BCUT2D eigenvalue weighted by Crippen LogP contribution is 2.15. The van der Waals surface area contributed by atoms with Gasteiger partial charge < -0.3 is 10.6 Å². The van der Waals surface area contributed by atoms with Gasteiger partial charge in [-0.3, -0.25) is 4.99 Å². The lowest BCUT2D eigenvalue weighted by Gasteiger charge is -2.25. The molecule has 1 rings (SSSR count). The number of hydrogen-bond acceptors (Lipinski definition) is 3. The molecule has 0 bridgehead atoms. The van der Waals surface area contributed by atoms with Gasteiger partial charge in [-0.25, -0.2) is 0 Å². The summed E-state index contributed by atoms with van der Waals surface area (Å²) in [6, 6.07) is 0.585. The Bertz CT molecular complexity index is 189. The van der Waals surface area contributed by atoms with E-state index in [4.69, 9.17) is 5.73 Å². The Morgan fingerprint density at radius 2 is 2.14 bits per heavy atom. The summed E-state index contributed by atoms with van der Waals surface area (Å²) in [5.41, 5.74) is 5.84. The molecule has 1 unspecified atom stereocenters. The summed E-state index contributed by atoms with van der Waals surface area (Å²) in [5, 5.41) is 0. The van der Waals surface area contributed by atoms with E-state index in [-0.39, 0.29) is 0 Å². The zero-order valence-corrected chi connectivity index (χ0v) is 9.50. The Kier molecular flexibility index (Phi) is 4.77. The standard InChI is InChI=1S/C11H23N3/c1-3-5-6-7-10-9-13-11(12)14(10)8-4-2/h10H,3-9H2,1-2H3,(H2,12,13). The van der Waals surface area contributed by atoms with E-state index in [0.717, 1.165) is 25.5 Å². The van der Waals surface area contributed by atoms with Crippen molar-refractivity contribution in [3.05, 3.63) is 0 Å². The molecule has 0 aromatic rings. The van der Waals surface area contributed by atoms with Gasteiger partial charge in [0, 0.05) is 6.54 Å². The number of nitrogens with zero attached hydrogens (tertiary/aromatic N) is 2. The number of unbranched alkanes of at least 4 members (excludes halogenated alkanes) is 2. The monoisotopic (exact) mass is 197 g/mol. The molecular weight excluding hydrogens is 174 g/mol. The van der Waals surface area contributed by atoms with Crippen molar-refractivity contribution in [3.63, 3.8) is 0 Å². The molecule has 1 heterocycles. The van der Waals surface area contributed by atoms with E-state index in [1.165, 1.54) is 25.7 Å². The minimum absolute atomic E-state index is 0.585. The molecule has 1 atom stereocenters. The van der Waals surface area contributed by atoms with E-state index in [9.17, 15) is 0 Å². The lowest BCUT2D eigenvalue weighted by molar-refractivity contribution is 0.316. The number of rotatable bonds is 6. The largest absolute Gasteiger partial charge is 0.370 e. The second kappa shape index (κ2) is 5.89. The maximum absolute atomic E-state index is 5.84. The van der Waals surface area contributed by atoms with Crippen LogP contribution < -0.4 is 5.73 Å². The van der Waals surface area contributed by atoms with Crippen LogP contribution in [0.3, 0.4) is 0 Å². The summed E-state index contributed by atoms with van der Waals surface area (Å²) in [6.07, 6.45) is 6.33. The Morgan fingerprint density at radius 3 is 2.79 bits per heavy atom. The molecule has 0 radical (unpaired) electrons. The summed E-state index contributed by atoms with van der Waals surface area (Å²) < 4.78 is 0. The summed E-state index contributed by atoms with van der Waals surface area (Å²) in [6.45, 7) is 6.40. The number of aliphatic imine (C=N–C) groups is 1. The predicted molar refractivity (Wildman–Crippen MR) is 61.4 cm³/mol. The second-order valence-corrected chi connectivity index (χ2v) is 4.04. The van der Waals surface area contributed by atoms with Crippen molar-refractivity contribution in [2.45, 2.75) is 52.0 Å². The maximum Gasteiger partial charge on any atom is 0.191 e. The van der Waals surface area contributed by atoms with Gasteiger partial charge in [0.25, 0.3) is 0 Å². The van der Waals surface area contributed by atoms with Crippen LogP contribution in [0.25, 0.3) is 0 Å². The van der Waals surface area contributed by atoms with Crippen LogP contribution >= 0.6 is 0 Å². The first-order chi connectivity index (χ1) is 6.79. The minimum atomic E-state index is 0.585. The zero-order chi connectivity index (χ0) is 10.4. The third kappa shape index (κ3) is 2.89. The summed E-state index contributed by atoms with van der Waals surface area (Å²) >= 11 is 0. The molecule has 1 aliphatic rings. The van der Waals surface area contributed by atoms with Crippen molar-refractivity contribution < 1.29 is 0 Å². The molecule has 0 aliphatic carbocycles. The normalized spacial score (nSPS) is 21.4. The van der Waals surface area contributed by atoms with Gasteiger partial charge in [0.2, 0.25) is 0 Å². The average Bonchev–Trinajstić information content (AvgIpc) is 2.51. The van der Waals surface area contributed by atoms with E-state index in [0.29, 0.717) is 6.04 Å². The molecule has 0 aromatic carbocycles. The SMILES string of the molecule is CCCCCC1CN=C(N)N1CCC. The van der Waals surface area contributed by atoms with Crippen LogP contribution in [0.1, 0.15) is 46.0 Å². The van der Waals surface area contributed by atoms with E-state index in [1.807, 2.05) is 0 Å².